The molecule has 1 saturated heterocycles. The topological polar surface area (TPSA) is 123 Å². The van der Waals surface area contributed by atoms with E-state index in [2.05, 4.69) is 10.3 Å². The number of hydrogen-bond acceptors (Lipinski definition) is 10. The number of nitrogens with zero attached hydrogens (tertiary/aromatic N) is 3. The minimum Gasteiger partial charge on any atom is -0.497 e. The highest BCUT2D eigenvalue weighted by atomic mass is 31.2. The number of benzene rings is 3. The molecule has 284 valence electrons. The Morgan fingerprint density at radius 2 is 1.45 bits per heavy atom. The molecule has 1 aliphatic rings. The molecule has 0 spiro atoms. The highest BCUT2D eigenvalue weighted by Gasteiger charge is 2.51. The fourth-order valence-electron chi connectivity index (χ4n) is 6.59. The van der Waals surface area contributed by atoms with Gasteiger partial charge in [-0.3, -0.25) is 9.36 Å². The highest BCUT2D eigenvalue weighted by molar-refractivity contribution is 7.44. The number of anilines is 1. The maximum Gasteiger partial charge on any atom is 0.351 e. The number of nitrogens with one attached hydrogen (secondary N) is 1. The lowest BCUT2D eigenvalue weighted by Gasteiger charge is -2.38. The molecule has 12 nitrogen and oxygen atoms in total. The monoisotopic (exact) mass is 750 g/mol. The van der Waals surface area contributed by atoms with Gasteiger partial charge in [-0.15, -0.1) is 0 Å². The summed E-state index contributed by atoms with van der Waals surface area (Å²) in [5, 5.41) is 2.48. The van der Waals surface area contributed by atoms with Gasteiger partial charge in [-0.1, -0.05) is 54.6 Å². The molecule has 1 unspecified atom stereocenters. The van der Waals surface area contributed by atoms with Gasteiger partial charge in [0.05, 0.1) is 20.8 Å². The minimum atomic E-state index is -1.84. The zero-order valence-corrected chi connectivity index (χ0v) is 32.2. The Labute approximate surface area is 311 Å². The van der Waals surface area contributed by atoms with E-state index in [0.717, 1.165) is 21.3 Å². The average Bonchev–Trinajstić information content (AvgIpc) is 3.45. The summed E-state index contributed by atoms with van der Waals surface area (Å²) >= 11 is 0. The number of rotatable bonds is 16. The summed E-state index contributed by atoms with van der Waals surface area (Å²) in [6, 6.07) is 26.3. The van der Waals surface area contributed by atoms with E-state index < -0.39 is 50.3 Å². The predicted molar refractivity (Wildman–Crippen MR) is 201 cm³/mol. The summed E-state index contributed by atoms with van der Waals surface area (Å²) in [7, 11) is 2.95. The van der Waals surface area contributed by atoms with Crippen LogP contribution in [0.2, 0.25) is 0 Å². The molecule has 0 bridgehead atoms. The van der Waals surface area contributed by atoms with E-state index in [4.69, 9.17) is 28.0 Å². The van der Waals surface area contributed by atoms with Crippen LogP contribution >= 0.6 is 8.53 Å². The number of carbonyl (C=O) groups is 1. The van der Waals surface area contributed by atoms with Crippen LogP contribution in [-0.2, 0) is 28.9 Å². The molecule has 1 aromatic heterocycles. The second kappa shape index (κ2) is 17.7. The van der Waals surface area contributed by atoms with Crippen molar-refractivity contribution >= 4 is 20.3 Å². The van der Waals surface area contributed by atoms with Crippen LogP contribution in [0.5, 0.6) is 11.5 Å². The van der Waals surface area contributed by atoms with Gasteiger partial charge in [0.1, 0.15) is 35.1 Å². The molecule has 4 aromatic rings. The number of ether oxygens (including phenoxy) is 4. The van der Waals surface area contributed by atoms with Crippen LogP contribution in [0.4, 0.5) is 10.2 Å². The molecule has 1 aliphatic heterocycles. The standard InChI is InChI=1S/C39H48FN4O8P/c1-25(2)44(26(3)4)53(49-8)52-36-33(51-37(35(36)40)43-23-22-34(41-27(5)45)42-38(43)46)24-50-39(28-12-10-9-11-13-28,29-14-18-31(47-6)19-15-29)30-16-20-32(48-7)21-17-30/h9-23,25-26,33,35-37H,24H2,1-8H3,(H,41,42,45,46)/t33-,35-,36-,37-,53?/m1/s1. The van der Waals surface area contributed by atoms with Crippen LogP contribution in [-0.4, -0.2) is 78.5 Å². The third-order valence-electron chi connectivity index (χ3n) is 8.93. The molecule has 2 heterocycles. The molecule has 5 atom stereocenters. The maximum atomic E-state index is 16.9. The Hall–Kier alpha value is -4.23. The van der Waals surface area contributed by atoms with Crippen molar-refractivity contribution in [2.24, 2.45) is 0 Å². The SMILES string of the molecule is COc1ccc(C(OC[C@H]2O[C@@H](n3ccc(NC(C)=O)nc3=O)[C@H](F)[C@@H]2OP(OC)N(C(C)C)C(C)C)(c2ccccc2)c2ccc(OC)cc2)cc1. The van der Waals surface area contributed by atoms with Crippen LogP contribution in [0, 0.1) is 0 Å². The van der Waals surface area contributed by atoms with Crippen molar-refractivity contribution in [2.45, 2.75) is 76.9 Å². The van der Waals surface area contributed by atoms with Gasteiger partial charge < -0.3 is 33.3 Å². The third kappa shape index (κ3) is 8.78. The number of amides is 1. The van der Waals surface area contributed by atoms with Gasteiger partial charge in [0.2, 0.25) is 5.91 Å². The molecule has 1 N–H and O–H groups in total. The number of hydrogen-bond donors (Lipinski definition) is 1. The molecule has 0 radical (unpaired) electrons. The van der Waals surface area contributed by atoms with Crippen LogP contribution in [0.15, 0.2) is 95.9 Å². The maximum absolute atomic E-state index is 16.9. The Morgan fingerprint density at radius 1 is 0.906 bits per heavy atom. The van der Waals surface area contributed by atoms with Gasteiger partial charge in [0.15, 0.2) is 12.4 Å². The summed E-state index contributed by atoms with van der Waals surface area (Å²) in [6.07, 6.45) is -4.18. The summed E-state index contributed by atoms with van der Waals surface area (Å²) in [5.74, 6) is 0.970. The Morgan fingerprint density at radius 3 is 1.92 bits per heavy atom. The molecule has 1 amide bonds. The van der Waals surface area contributed by atoms with E-state index in [1.54, 1.807) is 14.2 Å². The zero-order valence-electron chi connectivity index (χ0n) is 31.3. The van der Waals surface area contributed by atoms with Crippen molar-refractivity contribution in [3.63, 3.8) is 0 Å². The Bertz CT molecular complexity index is 1790. The smallest absolute Gasteiger partial charge is 0.351 e. The van der Waals surface area contributed by atoms with Crippen molar-refractivity contribution in [2.75, 3.05) is 33.3 Å². The molecule has 3 aromatic carbocycles. The van der Waals surface area contributed by atoms with E-state index in [0.29, 0.717) is 11.5 Å². The van der Waals surface area contributed by atoms with Crippen LogP contribution in [0.1, 0.15) is 57.5 Å². The van der Waals surface area contributed by atoms with Crippen molar-refractivity contribution in [1.82, 2.24) is 14.2 Å². The van der Waals surface area contributed by atoms with E-state index >= 15 is 4.39 Å². The number of aromatic nitrogens is 2. The molecule has 0 saturated carbocycles. The van der Waals surface area contributed by atoms with Gasteiger partial charge in [-0.05, 0) is 74.7 Å². The summed E-state index contributed by atoms with van der Waals surface area (Å²) in [5.41, 5.74) is 0.316. The Kier molecular flexibility index (Phi) is 13.4. The van der Waals surface area contributed by atoms with Gasteiger partial charge in [0, 0.05) is 32.3 Å². The van der Waals surface area contributed by atoms with Crippen LogP contribution in [0.3, 0.4) is 0 Å². The molecule has 14 heteroatoms. The number of carbonyl (C=O) groups excluding carboxylic acids is 1. The van der Waals surface area contributed by atoms with Crippen molar-refractivity contribution in [3.05, 3.63) is 118 Å². The summed E-state index contributed by atoms with van der Waals surface area (Å²) < 4.78 is 56.9. The first-order valence-electron chi connectivity index (χ1n) is 17.4. The quantitative estimate of drug-likeness (QED) is 0.0963. The number of halogens is 1. The minimum absolute atomic E-state index is 0.0101. The van der Waals surface area contributed by atoms with Gasteiger partial charge in [-0.25, -0.2) is 13.9 Å². The fourth-order valence-corrected chi connectivity index (χ4v) is 8.18. The van der Waals surface area contributed by atoms with Crippen molar-refractivity contribution < 1.29 is 37.2 Å². The number of methoxy groups -OCH3 is 2. The van der Waals surface area contributed by atoms with Gasteiger partial charge in [0.25, 0.3) is 8.53 Å². The van der Waals surface area contributed by atoms with Crippen molar-refractivity contribution in [3.8, 4) is 11.5 Å². The van der Waals surface area contributed by atoms with Crippen LogP contribution < -0.4 is 20.5 Å². The molecule has 5 rings (SSSR count). The van der Waals surface area contributed by atoms with Crippen molar-refractivity contribution in [1.29, 1.82) is 0 Å². The largest absolute Gasteiger partial charge is 0.497 e. The number of alkyl halides is 1. The fraction of sp³-hybridized carbons (Fsp3) is 0.410. The summed E-state index contributed by atoms with van der Waals surface area (Å²) in [6.45, 7) is 9.18. The molecular weight excluding hydrogens is 702 g/mol. The first kappa shape index (κ1) is 40.0. The molecule has 0 aliphatic carbocycles. The lowest BCUT2D eigenvalue weighted by molar-refractivity contribution is -0.114. The first-order chi connectivity index (χ1) is 25.4. The predicted octanol–water partition coefficient (Wildman–Crippen LogP) is 6.84. The van der Waals surface area contributed by atoms with E-state index in [9.17, 15) is 9.59 Å². The highest BCUT2D eigenvalue weighted by Crippen LogP contribution is 2.50. The molecule has 53 heavy (non-hydrogen) atoms. The van der Waals surface area contributed by atoms with E-state index in [1.165, 1.54) is 26.3 Å². The second-order valence-corrected chi connectivity index (χ2v) is 14.6. The van der Waals surface area contributed by atoms with Crippen LogP contribution in [0.25, 0.3) is 0 Å². The van der Waals surface area contributed by atoms with Gasteiger partial charge in [-0.2, -0.15) is 4.98 Å². The average molecular weight is 751 g/mol. The zero-order chi connectivity index (χ0) is 38.3. The lowest BCUT2D eigenvalue weighted by Crippen LogP contribution is -2.41. The third-order valence-corrected chi connectivity index (χ3v) is 11.0. The summed E-state index contributed by atoms with van der Waals surface area (Å²) in [4.78, 5) is 28.8. The molecule has 1 fully saturated rings. The lowest BCUT2D eigenvalue weighted by atomic mass is 9.80. The molecular formula is C39H48FN4O8P. The second-order valence-electron chi connectivity index (χ2n) is 13.1. The first-order valence-corrected chi connectivity index (χ1v) is 18.5. The normalized spacial score (nSPS) is 19.5. The van der Waals surface area contributed by atoms with E-state index in [1.807, 2.05) is 111 Å². The van der Waals surface area contributed by atoms with Gasteiger partial charge >= 0.3 is 5.69 Å². The van der Waals surface area contributed by atoms with E-state index in [-0.39, 0.29) is 24.5 Å². The Balaban J connectivity index is 1.61.